The number of hydrogen-bond donors (Lipinski definition) is 2. The van der Waals surface area contributed by atoms with Crippen molar-refractivity contribution in [3.8, 4) is 29.0 Å². The smallest absolute Gasteiger partial charge is 0.467 e. The second-order valence-electron chi connectivity index (χ2n) is 9.43. The minimum atomic E-state index is -5.02. The normalized spacial score (nSPS) is 12.0. The van der Waals surface area contributed by atoms with Gasteiger partial charge in [-0.3, -0.25) is 18.9 Å². The van der Waals surface area contributed by atoms with Crippen LogP contribution in [0.3, 0.4) is 0 Å². The molecule has 0 unspecified atom stereocenters. The van der Waals surface area contributed by atoms with Gasteiger partial charge in [-0.15, -0.1) is 0 Å². The lowest BCUT2D eigenvalue weighted by molar-refractivity contribution is 0.148. The van der Waals surface area contributed by atoms with Gasteiger partial charge in [0.1, 0.15) is 12.2 Å². The highest BCUT2D eigenvalue weighted by molar-refractivity contribution is 7.46. The van der Waals surface area contributed by atoms with Gasteiger partial charge in [0.05, 0.1) is 46.4 Å². The molecule has 14 nitrogen and oxygen atoms in total. The molecule has 0 bridgehead atoms. The molecule has 5 aromatic rings. The highest BCUT2D eigenvalue weighted by Gasteiger charge is 2.23. The van der Waals surface area contributed by atoms with E-state index in [1.165, 1.54) is 30.3 Å². The van der Waals surface area contributed by atoms with Crippen LogP contribution in [0.4, 0.5) is 0 Å². The van der Waals surface area contributed by atoms with Crippen LogP contribution in [-0.4, -0.2) is 46.0 Å². The summed E-state index contributed by atoms with van der Waals surface area (Å²) in [6.45, 7) is 2.49. The summed E-state index contributed by atoms with van der Waals surface area (Å²) in [6, 6.07) is 12.3. The quantitative estimate of drug-likeness (QED) is 0.213. The summed E-state index contributed by atoms with van der Waals surface area (Å²) in [4.78, 5) is 62.8. The molecular formula is C26H22N7O7P. The number of ether oxygens (including phenoxy) is 1. The van der Waals surface area contributed by atoms with E-state index in [9.17, 15) is 29.2 Å². The van der Waals surface area contributed by atoms with Gasteiger partial charge in [-0.05, 0) is 43.7 Å². The second-order valence-corrected chi connectivity index (χ2v) is 10.7. The molecule has 2 N–H and O–H groups in total. The third kappa shape index (κ3) is 5.22. The van der Waals surface area contributed by atoms with Crippen molar-refractivity contribution in [1.82, 2.24) is 29.1 Å². The van der Waals surface area contributed by atoms with Gasteiger partial charge in [-0.2, -0.15) is 5.26 Å². The highest BCUT2D eigenvalue weighted by Crippen LogP contribution is 2.36. The van der Waals surface area contributed by atoms with Crippen LogP contribution >= 0.6 is 7.82 Å². The van der Waals surface area contributed by atoms with Crippen molar-refractivity contribution in [3.63, 3.8) is 0 Å². The summed E-state index contributed by atoms with van der Waals surface area (Å²) in [5.41, 5.74) is 0.00116. The number of pyridine rings is 2. The predicted molar refractivity (Wildman–Crippen MR) is 146 cm³/mol. The predicted octanol–water partition coefficient (Wildman–Crippen LogP) is 2.43. The molecule has 0 saturated heterocycles. The van der Waals surface area contributed by atoms with Crippen molar-refractivity contribution >= 4 is 29.8 Å². The average molecular weight is 575 g/mol. The first-order valence-electron chi connectivity index (χ1n) is 12.0. The van der Waals surface area contributed by atoms with Gasteiger partial charge in [-0.1, -0.05) is 12.1 Å². The Morgan fingerprint density at radius 2 is 1.71 bits per heavy atom. The fraction of sp³-hybridized carbons (Fsp3) is 0.192. The van der Waals surface area contributed by atoms with E-state index in [2.05, 4.69) is 25.5 Å². The summed E-state index contributed by atoms with van der Waals surface area (Å²) in [7, 11) is -3.58. The number of phosphoric acid groups is 1. The van der Waals surface area contributed by atoms with Gasteiger partial charge in [-0.25, -0.2) is 28.9 Å². The Hall–Kier alpha value is -4.80. The largest absolute Gasteiger partial charge is 0.471 e. The molecule has 0 aliphatic carbocycles. The number of hydrogen-bond acceptors (Lipinski definition) is 10. The van der Waals surface area contributed by atoms with Crippen LogP contribution in [0.25, 0.3) is 38.9 Å². The fourth-order valence-electron chi connectivity index (χ4n) is 4.18. The van der Waals surface area contributed by atoms with Gasteiger partial charge in [0.25, 0.3) is 5.56 Å². The number of phosphoric ester groups is 1. The Morgan fingerprint density at radius 1 is 1.02 bits per heavy atom. The van der Waals surface area contributed by atoms with E-state index in [4.69, 9.17) is 9.72 Å². The van der Waals surface area contributed by atoms with Crippen molar-refractivity contribution in [2.75, 3.05) is 7.11 Å². The lowest BCUT2D eigenvalue weighted by Crippen LogP contribution is -2.40. The van der Waals surface area contributed by atoms with Crippen LogP contribution in [0.15, 0.2) is 64.6 Å². The third-order valence-electron chi connectivity index (χ3n) is 6.40. The monoisotopic (exact) mass is 575 g/mol. The molecule has 5 rings (SSSR count). The summed E-state index contributed by atoms with van der Waals surface area (Å²) >= 11 is 0. The first-order chi connectivity index (χ1) is 19.4. The number of methoxy groups -OCH3 is 1. The lowest BCUT2D eigenvalue weighted by Gasteiger charge is -2.18. The van der Waals surface area contributed by atoms with E-state index in [0.717, 1.165) is 0 Å². The fourth-order valence-corrected chi connectivity index (χ4v) is 4.44. The van der Waals surface area contributed by atoms with E-state index in [1.54, 1.807) is 50.2 Å². The van der Waals surface area contributed by atoms with Crippen LogP contribution in [-0.2, 0) is 21.2 Å². The molecule has 4 heterocycles. The molecule has 0 aliphatic heterocycles. The molecule has 0 spiro atoms. The maximum Gasteiger partial charge on any atom is 0.471 e. The van der Waals surface area contributed by atoms with Crippen LogP contribution in [0.1, 0.15) is 19.4 Å². The molecule has 41 heavy (non-hydrogen) atoms. The molecule has 0 aliphatic rings. The number of benzene rings is 1. The number of aromatic nitrogens is 6. The van der Waals surface area contributed by atoms with E-state index < -0.39 is 31.2 Å². The Balaban J connectivity index is 1.83. The van der Waals surface area contributed by atoms with Crippen molar-refractivity contribution in [2.45, 2.75) is 26.0 Å². The first kappa shape index (κ1) is 27.8. The summed E-state index contributed by atoms with van der Waals surface area (Å²) in [5, 5.41) is 9.47. The topological polar surface area (TPSA) is 195 Å². The van der Waals surface area contributed by atoms with E-state index in [-0.39, 0.29) is 22.4 Å². The van der Waals surface area contributed by atoms with Crippen LogP contribution in [0, 0.1) is 11.3 Å². The van der Waals surface area contributed by atoms with Crippen LogP contribution in [0.2, 0.25) is 0 Å². The number of nitrogens with zero attached hydrogens (tertiary/aromatic N) is 7. The van der Waals surface area contributed by atoms with Crippen LogP contribution < -0.4 is 16.0 Å². The zero-order valence-electron chi connectivity index (χ0n) is 21.9. The Morgan fingerprint density at radius 3 is 2.32 bits per heavy atom. The second kappa shape index (κ2) is 10.3. The zero-order chi connectivity index (χ0) is 29.5. The molecule has 208 valence electrons. The minimum absolute atomic E-state index is 0.0523. The maximum absolute atomic E-state index is 13.8. The van der Waals surface area contributed by atoms with Gasteiger partial charge < -0.3 is 14.5 Å². The van der Waals surface area contributed by atoms with Gasteiger partial charge in [0, 0.05) is 24.2 Å². The van der Waals surface area contributed by atoms with Gasteiger partial charge >= 0.3 is 19.5 Å². The molecule has 0 saturated carbocycles. The van der Waals surface area contributed by atoms with Crippen molar-refractivity contribution in [2.24, 2.45) is 0 Å². The first-order valence-corrected chi connectivity index (χ1v) is 13.5. The number of nitriles is 1. The minimum Gasteiger partial charge on any atom is -0.467 e. The molecule has 4 aromatic heterocycles. The molecule has 0 atom stereocenters. The summed E-state index contributed by atoms with van der Waals surface area (Å²) in [6.07, 6.45) is 4.27. The number of fused-ring (bicyclic) bond motifs is 3. The Bertz CT molecular complexity index is 2010. The van der Waals surface area contributed by atoms with E-state index in [1.807, 2.05) is 0 Å². The molecule has 0 radical (unpaired) electrons. The van der Waals surface area contributed by atoms with Gasteiger partial charge in [0.2, 0.25) is 0 Å². The van der Waals surface area contributed by atoms with Crippen LogP contribution in [0.5, 0.6) is 6.01 Å². The maximum atomic E-state index is 13.8. The number of rotatable bonds is 7. The zero-order valence-corrected chi connectivity index (χ0v) is 22.8. The molecule has 0 amide bonds. The Kier molecular flexibility index (Phi) is 6.98. The lowest BCUT2D eigenvalue weighted by atomic mass is 9.86. The Labute approximate surface area is 231 Å². The molecule has 1 aromatic carbocycles. The van der Waals surface area contributed by atoms with Crippen molar-refractivity contribution in [1.29, 1.82) is 5.26 Å². The van der Waals surface area contributed by atoms with E-state index >= 15 is 0 Å². The molecular weight excluding hydrogens is 553 g/mol. The average Bonchev–Trinajstić information content (AvgIpc) is 2.96. The standard InChI is InChI=1S/C26H22N7O7P/c1-26(2,13-27)16-4-6-17(7-5-16)33-22-18(23(34)32(25(33)35)14-40-41(36,37)38)12-28-20-9-8-19(31-21(20)22)15-10-29-24(39-3)30-11-15/h4-12H,14H2,1-3H3,(H2,36,37,38). The van der Waals surface area contributed by atoms with E-state index in [0.29, 0.717) is 32.6 Å². The summed E-state index contributed by atoms with van der Waals surface area (Å²) < 4.78 is 22.6. The SMILES string of the molecule is COc1ncc(-c2ccc3ncc4c(=O)n(COP(=O)(O)O)c(=O)n(-c5ccc(C(C)(C)C#N)cc5)c4c3n2)cn1. The molecule has 0 fully saturated rings. The third-order valence-corrected chi connectivity index (χ3v) is 6.85. The highest BCUT2D eigenvalue weighted by atomic mass is 31.2. The summed E-state index contributed by atoms with van der Waals surface area (Å²) in [5.74, 6) is 0. The van der Waals surface area contributed by atoms with Crippen molar-refractivity contribution < 1.29 is 23.6 Å². The molecule has 15 heteroatoms. The van der Waals surface area contributed by atoms with Crippen molar-refractivity contribution in [3.05, 3.63) is 81.4 Å². The van der Waals surface area contributed by atoms with Gasteiger partial charge in [0.15, 0.2) is 0 Å².